The third kappa shape index (κ3) is 2.28. The Morgan fingerprint density at radius 2 is 2.24 bits per heavy atom. The average molecular weight is 236 g/mol. The first kappa shape index (κ1) is 12.0. The minimum absolute atomic E-state index is 0.0360. The number of carbonyl (C=O) groups excluding carboxylic acids is 1. The van der Waals surface area contributed by atoms with Crippen molar-refractivity contribution >= 4 is 11.6 Å². The maximum Gasteiger partial charge on any atom is 0.276 e. The number of amides is 1. The number of aromatic nitrogens is 2. The fourth-order valence-electron chi connectivity index (χ4n) is 2.08. The van der Waals surface area contributed by atoms with Crippen molar-refractivity contribution in [2.45, 2.75) is 45.6 Å². The number of H-pyrrole nitrogens is 1. The Kier molecular flexibility index (Phi) is 3.36. The van der Waals surface area contributed by atoms with Crippen LogP contribution in [0.15, 0.2) is 0 Å². The summed E-state index contributed by atoms with van der Waals surface area (Å²) in [5.74, 6) is -0.0360. The van der Waals surface area contributed by atoms with Gasteiger partial charge in [-0.25, -0.2) is 0 Å². The molecule has 3 N–H and O–H groups in total. The fraction of sp³-hybridized carbons (Fsp3) is 0.667. The predicted octanol–water partition coefficient (Wildman–Crippen LogP) is 1.57. The van der Waals surface area contributed by atoms with Crippen molar-refractivity contribution in [1.82, 2.24) is 15.1 Å². The van der Waals surface area contributed by atoms with Gasteiger partial charge in [-0.3, -0.25) is 9.89 Å². The number of nitrogen functional groups attached to an aromatic ring is 1. The lowest BCUT2D eigenvalue weighted by Gasteiger charge is -2.19. The van der Waals surface area contributed by atoms with Crippen molar-refractivity contribution in [3.05, 3.63) is 11.4 Å². The van der Waals surface area contributed by atoms with Gasteiger partial charge in [0.05, 0.1) is 11.4 Å². The fourth-order valence-corrected chi connectivity index (χ4v) is 2.08. The number of aromatic amines is 1. The molecule has 0 bridgehead atoms. The first-order chi connectivity index (χ1) is 8.19. The number of hydrogen-bond donors (Lipinski definition) is 2. The standard InChI is InChI=1S/C12H20N4O/c1-3-5-9-10(13)11(15-14-9)12(17)16(4-2)8-6-7-8/h8H,3-7,13H2,1-2H3,(H,14,15). The summed E-state index contributed by atoms with van der Waals surface area (Å²) in [6.07, 6.45) is 4.03. The molecule has 0 aromatic carbocycles. The number of rotatable bonds is 5. The Labute approximate surface area is 101 Å². The number of nitrogens with two attached hydrogens (primary N) is 1. The van der Waals surface area contributed by atoms with Crippen LogP contribution < -0.4 is 5.73 Å². The molecule has 1 saturated carbocycles. The van der Waals surface area contributed by atoms with E-state index in [2.05, 4.69) is 17.1 Å². The van der Waals surface area contributed by atoms with Crippen LogP contribution in [0.3, 0.4) is 0 Å². The largest absolute Gasteiger partial charge is 0.395 e. The molecule has 1 aromatic heterocycles. The molecule has 17 heavy (non-hydrogen) atoms. The second-order valence-corrected chi connectivity index (χ2v) is 4.54. The SMILES string of the molecule is CCCc1[nH]nc(C(=O)N(CC)C2CC2)c1N. The molecule has 1 aliphatic rings. The summed E-state index contributed by atoms with van der Waals surface area (Å²) in [6, 6.07) is 0.401. The van der Waals surface area contributed by atoms with Crippen molar-refractivity contribution in [3.63, 3.8) is 0 Å². The molecule has 1 amide bonds. The van der Waals surface area contributed by atoms with Crippen LogP contribution in [-0.4, -0.2) is 33.6 Å². The average Bonchev–Trinajstić information content (AvgIpc) is 3.07. The number of carbonyl (C=O) groups is 1. The molecule has 1 aromatic rings. The molecular weight excluding hydrogens is 216 g/mol. The maximum absolute atomic E-state index is 12.3. The number of aryl methyl sites for hydroxylation is 1. The lowest BCUT2D eigenvalue weighted by Crippen LogP contribution is -2.33. The van der Waals surface area contributed by atoms with Crippen molar-refractivity contribution in [2.24, 2.45) is 0 Å². The van der Waals surface area contributed by atoms with Gasteiger partial charge in [0, 0.05) is 12.6 Å². The van der Waals surface area contributed by atoms with Crippen molar-refractivity contribution in [3.8, 4) is 0 Å². The second kappa shape index (κ2) is 4.77. The van der Waals surface area contributed by atoms with Crippen molar-refractivity contribution in [1.29, 1.82) is 0 Å². The van der Waals surface area contributed by atoms with Crippen molar-refractivity contribution in [2.75, 3.05) is 12.3 Å². The first-order valence-electron chi connectivity index (χ1n) is 6.32. The molecular formula is C12H20N4O. The monoisotopic (exact) mass is 236 g/mol. The van der Waals surface area contributed by atoms with E-state index in [1.807, 2.05) is 11.8 Å². The summed E-state index contributed by atoms with van der Waals surface area (Å²) >= 11 is 0. The van der Waals surface area contributed by atoms with Crippen LogP contribution in [0, 0.1) is 0 Å². The Bertz CT molecular complexity index is 409. The van der Waals surface area contributed by atoms with Gasteiger partial charge in [0.1, 0.15) is 0 Å². The molecule has 1 aliphatic carbocycles. The zero-order valence-corrected chi connectivity index (χ0v) is 10.5. The predicted molar refractivity (Wildman–Crippen MR) is 66.7 cm³/mol. The Morgan fingerprint density at radius 1 is 1.53 bits per heavy atom. The second-order valence-electron chi connectivity index (χ2n) is 4.54. The highest BCUT2D eigenvalue weighted by atomic mass is 16.2. The van der Waals surface area contributed by atoms with Crippen LogP contribution in [-0.2, 0) is 6.42 Å². The summed E-state index contributed by atoms with van der Waals surface area (Å²) < 4.78 is 0. The maximum atomic E-state index is 12.3. The van der Waals surface area contributed by atoms with E-state index in [0.29, 0.717) is 17.4 Å². The van der Waals surface area contributed by atoms with E-state index in [9.17, 15) is 4.79 Å². The molecule has 1 fully saturated rings. The van der Waals surface area contributed by atoms with Crippen LogP contribution in [0.5, 0.6) is 0 Å². The number of anilines is 1. The highest BCUT2D eigenvalue weighted by molar-refractivity contribution is 5.98. The van der Waals surface area contributed by atoms with Gasteiger partial charge in [-0.15, -0.1) is 0 Å². The van der Waals surface area contributed by atoms with Crippen molar-refractivity contribution < 1.29 is 4.79 Å². The smallest absolute Gasteiger partial charge is 0.276 e. The lowest BCUT2D eigenvalue weighted by molar-refractivity contribution is 0.0747. The van der Waals surface area contributed by atoms with E-state index >= 15 is 0 Å². The Balaban J connectivity index is 2.18. The summed E-state index contributed by atoms with van der Waals surface area (Å²) in [4.78, 5) is 14.1. The van der Waals surface area contributed by atoms with E-state index in [1.165, 1.54) is 0 Å². The normalized spacial score (nSPS) is 14.9. The molecule has 0 unspecified atom stereocenters. The van der Waals surface area contributed by atoms with Gasteiger partial charge in [-0.1, -0.05) is 13.3 Å². The topological polar surface area (TPSA) is 75.0 Å². The van der Waals surface area contributed by atoms with Gasteiger partial charge in [-0.05, 0) is 26.2 Å². The Morgan fingerprint density at radius 3 is 2.76 bits per heavy atom. The number of hydrogen-bond acceptors (Lipinski definition) is 3. The molecule has 94 valence electrons. The molecule has 0 saturated heterocycles. The van der Waals surface area contributed by atoms with Gasteiger partial charge < -0.3 is 10.6 Å². The molecule has 0 atom stereocenters. The third-order valence-electron chi connectivity index (χ3n) is 3.17. The van der Waals surface area contributed by atoms with E-state index in [-0.39, 0.29) is 5.91 Å². The minimum Gasteiger partial charge on any atom is -0.395 e. The minimum atomic E-state index is -0.0360. The van der Waals surface area contributed by atoms with Crippen LogP contribution in [0.2, 0.25) is 0 Å². The van der Waals surface area contributed by atoms with Crippen LogP contribution in [0.4, 0.5) is 5.69 Å². The van der Waals surface area contributed by atoms with Gasteiger partial charge in [0.2, 0.25) is 0 Å². The highest BCUT2D eigenvalue weighted by Gasteiger charge is 2.33. The zero-order valence-electron chi connectivity index (χ0n) is 10.5. The first-order valence-corrected chi connectivity index (χ1v) is 6.32. The number of nitrogens with one attached hydrogen (secondary N) is 1. The zero-order chi connectivity index (χ0) is 12.4. The van der Waals surface area contributed by atoms with Gasteiger partial charge in [-0.2, -0.15) is 5.10 Å². The lowest BCUT2D eigenvalue weighted by atomic mass is 10.2. The third-order valence-corrected chi connectivity index (χ3v) is 3.17. The molecule has 1 heterocycles. The van der Waals surface area contributed by atoms with Crippen LogP contribution >= 0.6 is 0 Å². The van der Waals surface area contributed by atoms with Gasteiger partial charge in [0.25, 0.3) is 5.91 Å². The van der Waals surface area contributed by atoms with Crippen LogP contribution in [0.25, 0.3) is 0 Å². The van der Waals surface area contributed by atoms with Gasteiger partial charge in [0.15, 0.2) is 5.69 Å². The number of nitrogens with zero attached hydrogens (tertiary/aromatic N) is 2. The molecule has 0 radical (unpaired) electrons. The molecule has 5 heteroatoms. The Hall–Kier alpha value is -1.52. The molecule has 5 nitrogen and oxygen atoms in total. The molecule has 2 rings (SSSR count). The van der Waals surface area contributed by atoms with Gasteiger partial charge >= 0.3 is 0 Å². The highest BCUT2D eigenvalue weighted by Crippen LogP contribution is 2.29. The quantitative estimate of drug-likeness (QED) is 0.814. The van der Waals surface area contributed by atoms with E-state index in [4.69, 9.17) is 5.73 Å². The molecule has 0 spiro atoms. The van der Waals surface area contributed by atoms with Crippen LogP contribution in [0.1, 0.15) is 49.3 Å². The van der Waals surface area contributed by atoms with E-state index in [1.54, 1.807) is 0 Å². The molecule has 0 aliphatic heterocycles. The summed E-state index contributed by atoms with van der Waals surface area (Å²) in [5, 5.41) is 6.94. The van der Waals surface area contributed by atoms with E-state index in [0.717, 1.165) is 37.9 Å². The summed E-state index contributed by atoms with van der Waals surface area (Å²) in [6.45, 7) is 4.79. The summed E-state index contributed by atoms with van der Waals surface area (Å²) in [5.41, 5.74) is 7.75. The summed E-state index contributed by atoms with van der Waals surface area (Å²) in [7, 11) is 0. The van der Waals surface area contributed by atoms with E-state index < -0.39 is 0 Å².